The van der Waals surface area contributed by atoms with Gasteiger partial charge >= 0.3 is 0 Å². The summed E-state index contributed by atoms with van der Waals surface area (Å²) in [6.45, 7) is 2.36. The summed E-state index contributed by atoms with van der Waals surface area (Å²) in [5.41, 5.74) is 0.791. The van der Waals surface area contributed by atoms with Crippen LogP contribution in [0.25, 0.3) is 0 Å². The Kier molecular flexibility index (Phi) is 6.28. The van der Waals surface area contributed by atoms with Gasteiger partial charge in [-0.1, -0.05) is 22.9 Å². The lowest BCUT2D eigenvalue weighted by atomic mass is 10.2. The molecular formula is C12H18BrNO3S. The van der Waals surface area contributed by atoms with E-state index >= 15 is 0 Å². The molecule has 0 spiro atoms. The summed E-state index contributed by atoms with van der Waals surface area (Å²) >= 11 is 3.33. The minimum atomic E-state index is -3.45. The number of sulfonamides is 1. The Labute approximate surface area is 117 Å². The quantitative estimate of drug-likeness (QED) is 0.749. The van der Waals surface area contributed by atoms with E-state index in [1.165, 1.54) is 0 Å². The molecule has 0 radical (unpaired) electrons. The lowest BCUT2D eigenvalue weighted by Crippen LogP contribution is -2.26. The van der Waals surface area contributed by atoms with Crippen LogP contribution in [0, 0.1) is 0 Å². The maximum absolute atomic E-state index is 12.1. The summed E-state index contributed by atoms with van der Waals surface area (Å²) in [7, 11) is -3.45. The van der Waals surface area contributed by atoms with E-state index in [-0.39, 0.29) is 6.61 Å². The summed E-state index contributed by atoms with van der Waals surface area (Å²) in [5, 5.41) is 8.64. The lowest BCUT2D eigenvalue weighted by molar-refractivity contribution is 0.285. The first kappa shape index (κ1) is 15.6. The number of halogens is 1. The molecule has 0 fully saturated rings. The van der Waals surface area contributed by atoms with Crippen molar-refractivity contribution < 1.29 is 13.5 Å². The zero-order valence-corrected chi connectivity index (χ0v) is 12.7. The van der Waals surface area contributed by atoms with Gasteiger partial charge in [-0.25, -0.2) is 13.1 Å². The van der Waals surface area contributed by atoms with Crippen molar-refractivity contribution in [3.05, 3.63) is 28.2 Å². The van der Waals surface area contributed by atoms with Gasteiger partial charge in [-0.3, -0.25) is 0 Å². The minimum Gasteiger partial charge on any atom is -0.396 e. The molecule has 0 bridgehead atoms. The SMILES string of the molecule is CCc1cc(Br)ccc1S(=O)(=O)NCCCCO. The van der Waals surface area contributed by atoms with Crippen molar-refractivity contribution in [2.24, 2.45) is 0 Å². The van der Waals surface area contributed by atoms with Crippen LogP contribution < -0.4 is 4.72 Å². The molecule has 4 nitrogen and oxygen atoms in total. The van der Waals surface area contributed by atoms with Crippen LogP contribution in [-0.2, 0) is 16.4 Å². The highest BCUT2D eigenvalue weighted by molar-refractivity contribution is 9.10. The Balaban J connectivity index is 2.84. The monoisotopic (exact) mass is 335 g/mol. The normalized spacial score (nSPS) is 11.7. The third kappa shape index (κ3) is 4.35. The molecule has 0 aliphatic rings. The van der Waals surface area contributed by atoms with Gasteiger partial charge in [0.15, 0.2) is 0 Å². The third-order valence-electron chi connectivity index (χ3n) is 2.57. The van der Waals surface area contributed by atoms with Crippen molar-refractivity contribution in [1.82, 2.24) is 4.72 Å². The largest absolute Gasteiger partial charge is 0.396 e. The van der Waals surface area contributed by atoms with E-state index < -0.39 is 10.0 Å². The highest BCUT2D eigenvalue weighted by Crippen LogP contribution is 2.21. The third-order valence-corrected chi connectivity index (χ3v) is 4.62. The van der Waals surface area contributed by atoms with Crippen molar-refractivity contribution in [3.63, 3.8) is 0 Å². The number of aliphatic hydroxyl groups is 1. The Morgan fingerprint density at radius 2 is 2.06 bits per heavy atom. The maximum Gasteiger partial charge on any atom is 0.240 e. The van der Waals surface area contributed by atoms with Crippen molar-refractivity contribution in [2.75, 3.05) is 13.2 Å². The standard InChI is InChI=1S/C12H18BrNO3S/c1-2-10-9-11(13)5-6-12(10)18(16,17)14-7-3-4-8-15/h5-6,9,14-15H,2-4,7-8H2,1H3. The van der Waals surface area contributed by atoms with Crippen molar-refractivity contribution in [1.29, 1.82) is 0 Å². The second kappa shape index (κ2) is 7.23. The molecule has 0 saturated heterocycles. The highest BCUT2D eigenvalue weighted by atomic mass is 79.9. The van der Waals surface area contributed by atoms with Crippen molar-refractivity contribution >= 4 is 26.0 Å². The molecule has 6 heteroatoms. The molecule has 0 aliphatic heterocycles. The predicted octanol–water partition coefficient (Wildman–Crippen LogP) is 2.06. The fourth-order valence-corrected chi connectivity index (χ4v) is 3.38. The molecule has 0 atom stereocenters. The molecular weight excluding hydrogens is 318 g/mol. The van der Waals surface area contributed by atoms with Crippen LogP contribution in [0.15, 0.2) is 27.6 Å². The van der Waals surface area contributed by atoms with Gasteiger partial charge in [-0.2, -0.15) is 0 Å². The number of rotatable bonds is 7. The van der Waals surface area contributed by atoms with Gasteiger partial charge in [0.05, 0.1) is 4.90 Å². The van der Waals surface area contributed by atoms with Gasteiger partial charge in [-0.15, -0.1) is 0 Å². The zero-order chi connectivity index (χ0) is 13.6. The molecule has 18 heavy (non-hydrogen) atoms. The molecule has 0 saturated carbocycles. The van der Waals surface area contributed by atoms with Gasteiger partial charge in [-0.05, 0) is 43.0 Å². The van der Waals surface area contributed by atoms with Gasteiger partial charge < -0.3 is 5.11 Å². The van der Waals surface area contributed by atoms with E-state index in [1.54, 1.807) is 12.1 Å². The van der Waals surface area contributed by atoms with E-state index in [9.17, 15) is 8.42 Å². The van der Waals surface area contributed by atoms with Gasteiger partial charge in [0.25, 0.3) is 0 Å². The number of aliphatic hydroxyl groups excluding tert-OH is 1. The van der Waals surface area contributed by atoms with Crippen LogP contribution in [-0.4, -0.2) is 26.7 Å². The van der Waals surface area contributed by atoms with Crippen LogP contribution >= 0.6 is 15.9 Å². The molecule has 0 amide bonds. The van der Waals surface area contributed by atoms with E-state index in [2.05, 4.69) is 20.7 Å². The molecule has 1 aromatic rings. The topological polar surface area (TPSA) is 66.4 Å². The molecule has 102 valence electrons. The Hall–Kier alpha value is -0.430. The molecule has 2 N–H and O–H groups in total. The van der Waals surface area contributed by atoms with Gasteiger partial charge in [0, 0.05) is 17.6 Å². The molecule has 1 aromatic carbocycles. The van der Waals surface area contributed by atoms with Crippen LogP contribution in [0.4, 0.5) is 0 Å². The number of hydrogen-bond donors (Lipinski definition) is 2. The summed E-state index contributed by atoms with van der Waals surface area (Å²) in [4.78, 5) is 0.331. The first-order valence-electron chi connectivity index (χ1n) is 5.90. The smallest absolute Gasteiger partial charge is 0.240 e. The molecule has 1 rings (SSSR count). The fraction of sp³-hybridized carbons (Fsp3) is 0.500. The van der Waals surface area contributed by atoms with Gasteiger partial charge in [0.2, 0.25) is 10.0 Å². The molecule has 0 aliphatic carbocycles. The predicted molar refractivity (Wildman–Crippen MR) is 75.0 cm³/mol. The summed E-state index contributed by atoms with van der Waals surface area (Å²) in [6.07, 6.45) is 1.89. The number of benzene rings is 1. The Morgan fingerprint density at radius 3 is 2.67 bits per heavy atom. The van der Waals surface area contributed by atoms with Crippen LogP contribution in [0.5, 0.6) is 0 Å². The molecule has 0 heterocycles. The lowest BCUT2D eigenvalue weighted by Gasteiger charge is -2.10. The Bertz CT molecular complexity index is 488. The summed E-state index contributed by atoms with van der Waals surface area (Å²) < 4.78 is 27.6. The summed E-state index contributed by atoms with van der Waals surface area (Å²) in [5.74, 6) is 0. The first-order valence-corrected chi connectivity index (χ1v) is 8.18. The number of unbranched alkanes of at least 4 members (excludes halogenated alkanes) is 1. The Morgan fingerprint density at radius 1 is 1.33 bits per heavy atom. The average molecular weight is 336 g/mol. The number of aryl methyl sites for hydroxylation is 1. The van der Waals surface area contributed by atoms with E-state index in [0.29, 0.717) is 30.7 Å². The number of hydrogen-bond acceptors (Lipinski definition) is 3. The first-order chi connectivity index (χ1) is 8.51. The van der Waals surface area contributed by atoms with E-state index in [1.807, 2.05) is 13.0 Å². The van der Waals surface area contributed by atoms with Crippen LogP contribution in [0.1, 0.15) is 25.3 Å². The van der Waals surface area contributed by atoms with Gasteiger partial charge in [0.1, 0.15) is 0 Å². The van der Waals surface area contributed by atoms with E-state index in [0.717, 1.165) is 10.0 Å². The maximum atomic E-state index is 12.1. The van der Waals surface area contributed by atoms with Crippen molar-refractivity contribution in [3.8, 4) is 0 Å². The fourth-order valence-electron chi connectivity index (χ4n) is 1.61. The summed E-state index contributed by atoms with van der Waals surface area (Å²) in [6, 6.07) is 5.15. The molecule has 0 unspecified atom stereocenters. The number of nitrogens with one attached hydrogen (secondary N) is 1. The zero-order valence-electron chi connectivity index (χ0n) is 10.3. The molecule has 0 aromatic heterocycles. The highest BCUT2D eigenvalue weighted by Gasteiger charge is 2.17. The van der Waals surface area contributed by atoms with Crippen LogP contribution in [0.2, 0.25) is 0 Å². The average Bonchev–Trinajstić information content (AvgIpc) is 2.34. The minimum absolute atomic E-state index is 0.0836. The second-order valence-corrected chi connectivity index (χ2v) is 6.59. The van der Waals surface area contributed by atoms with E-state index in [4.69, 9.17) is 5.11 Å². The second-order valence-electron chi connectivity index (χ2n) is 3.93. The van der Waals surface area contributed by atoms with Crippen LogP contribution in [0.3, 0.4) is 0 Å². The van der Waals surface area contributed by atoms with Crippen molar-refractivity contribution in [2.45, 2.75) is 31.1 Å².